The summed E-state index contributed by atoms with van der Waals surface area (Å²) in [5.74, 6) is -2.02. The van der Waals surface area contributed by atoms with Gasteiger partial charge in [0.05, 0.1) is 11.1 Å². The number of carboxylic acids is 2. The van der Waals surface area contributed by atoms with Crippen molar-refractivity contribution in [1.29, 1.82) is 0 Å². The number of benzene rings is 3. The Kier molecular flexibility index (Phi) is 6.51. The standard InChI is InChI=1S/C23H19NO7/c1-14-4-2-6-16(10-14)30-13-21(25)24-15-5-3-7-17(11-15)31-18-8-9-19(22(26)27)20(12-18)23(28)29/h2-12H,13H2,1H3,(H,24,25)(H,26,27)(H,28,29). The largest absolute Gasteiger partial charge is 0.484 e. The van der Waals surface area contributed by atoms with Crippen molar-refractivity contribution in [2.45, 2.75) is 6.92 Å². The molecule has 0 spiro atoms. The second-order valence-corrected chi connectivity index (χ2v) is 6.60. The molecule has 0 heterocycles. The highest BCUT2D eigenvalue weighted by Crippen LogP contribution is 2.26. The first kappa shape index (κ1) is 21.4. The number of carbonyl (C=O) groups is 3. The van der Waals surface area contributed by atoms with Crippen molar-refractivity contribution >= 4 is 23.5 Å². The molecule has 0 bridgehead atoms. The van der Waals surface area contributed by atoms with Gasteiger partial charge in [-0.15, -0.1) is 0 Å². The van der Waals surface area contributed by atoms with Crippen molar-refractivity contribution in [3.05, 3.63) is 83.4 Å². The van der Waals surface area contributed by atoms with Gasteiger partial charge in [0.2, 0.25) is 0 Å². The fraction of sp³-hybridized carbons (Fsp3) is 0.0870. The molecular weight excluding hydrogens is 402 g/mol. The average molecular weight is 421 g/mol. The van der Waals surface area contributed by atoms with Gasteiger partial charge in [0.25, 0.3) is 5.91 Å². The number of aryl methyl sites for hydroxylation is 1. The van der Waals surface area contributed by atoms with Crippen LogP contribution in [0.3, 0.4) is 0 Å². The second-order valence-electron chi connectivity index (χ2n) is 6.60. The molecule has 31 heavy (non-hydrogen) atoms. The number of carbonyl (C=O) groups excluding carboxylic acids is 1. The molecule has 0 aliphatic rings. The van der Waals surface area contributed by atoms with E-state index in [1.165, 1.54) is 6.07 Å². The normalized spacial score (nSPS) is 10.2. The molecule has 0 saturated carbocycles. The van der Waals surface area contributed by atoms with Crippen molar-refractivity contribution in [2.24, 2.45) is 0 Å². The SMILES string of the molecule is Cc1cccc(OCC(=O)Nc2cccc(Oc3ccc(C(=O)O)c(C(=O)O)c3)c2)c1. The number of amides is 1. The Bertz CT molecular complexity index is 1140. The third-order valence-electron chi connectivity index (χ3n) is 4.16. The van der Waals surface area contributed by atoms with E-state index in [4.69, 9.17) is 14.6 Å². The van der Waals surface area contributed by atoms with Crippen LogP contribution >= 0.6 is 0 Å². The summed E-state index contributed by atoms with van der Waals surface area (Å²) in [5, 5.41) is 21.0. The minimum absolute atomic E-state index is 0.147. The first-order valence-corrected chi connectivity index (χ1v) is 9.19. The molecule has 0 aliphatic heterocycles. The molecule has 1 amide bonds. The molecule has 0 atom stereocenters. The highest BCUT2D eigenvalue weighted by atomic mass is 16.5. The first-order valence-electron chi connectivity index (χ1n) is 9.19. The van der Waals surface area contributed by atoms with Gasteiger partial charge in [0.1, 0.15) is 17.2 Å². The summed E-state index contributed by atoms with van der Waals surface area (Å²) in [5.41, 5.74) is 0.749. The smallest absolute Gasteiger partial charge is 0.336 e. The zero-order valence-corrected chi connectivity index (χ0v) is 16.5. The van der Waals surface area contributed by atoms with Crippen LogP contribution in [0.5, 0.6) is 17.2 Å². The molecule has 158 valence electrons. The maximum atomic E-state index is 12.2. The van der Waals surface area contributed by atoms with Crippen molar-refractivity contribution in [3.63, 3.8) is 0 Å². The Morgan fingerprint density at radius 1 is 0.806 bits per heavy atom. The third-order valence-corrected chi connectivity index (χ3v) is 4.16. The summed E-state index contributed by atoms with van der Waals surface area (Å²) >= 11 is 0. The maximum absolute atomic E-state index is 12.2. The van der Waals surface area contributed by atoms with Crippen LogP contribution < -0.4 is 14.8 Å². The van der Waals surface area contributed by atoms with E-state index < -0.39 is 11.9 Å². The maximum Gasteiger partial charge on any atom is 0.336 e. The number of nitrogens with one attached hydrogen (secondary N) is 1. The van der Waals surface area contributed by atoms with Gasteiger partial charge in [-0.2, -0.15) is 0 Å². The molecule has 0 fully saturated rings. The van der Waals surface area contributed by atoms with E-state index in [0.717, 1.165) is 17.7 Å². The number of aromatic carboxylic acids is 2. The molecule has 0 unspecified atom stereocenters. The number of hydrogen-bond donors (Lipinski definition) is 3. The number of ether oxygens (including phenoxy) is 2. The Hall–Kier alpha value is -4.33. The van der Waals surface area contributed by atoms with Crippen molar-refractivity contribution in [3.8, 4) is 17.2 Å². The van der Waals surface area contributed by atoms with Gasteiger partial charge in [-0.3, -0.25) is 4.79 Å². The molecular formula is C23H19NO7. The molecule has 3 N–H and O–H groups in total. The zero-order chi connectivity index (χ0) is 22.4. The highest BCUT2D eigenvalue weighted by molar-refractivity contribution is 6.02. The summed E-state index contributed by atoms with van der Waals surface area (Å²) in [7, 11) is 0. The van der Waals surface area contributed by atoms with E-state index >= 15 is 0 Å². The molecule has 3 aromatic carbocycles. The second kappa shape index (κ2) is 9.45. The zero-order valence-electron chi connectivity index (χ0n) is 16.5. The Morgan fingerprint density at radius 3 is 2.19 bits per heavy atom. The summed E-state index contributed by atoms with van der Waals surface area (Å²) < 4.78 is 11.1. The topological polar surface area (TPSA) is 122 Å². The molecule has 0 aromatic heterocycles. The highest BCUT2D eigenvalue weighted by Gasteiger charge is 2.17. The molecule has 0 aliphatic carbocycles. The lowest BCUT2D eigenvalue weighted by atomic mass is 10.1. The van der Waals surface area contributed by atoms with Crippen LogP contribution in [0.4, 0.5) is 5.69 Å². The fourth-order valence-corrected chi connectivity index (χ4v) is 2.77. The van der Waals surface area contributed by atoms with Gasteiger partial charge in [-0.1, -0.05) is 18.2 Å². The first-order chi connectivity index (χ1) is 14.8. The van der Waals surface area contributed by atoms with Crippen molar-refractivity contribution in [1.82, 2.24) is 0 Å². The van der Waals surface area contributed by atoms with Gasteiger partial charge < -0.3 is 25.0 Å². The minimum Gasteiger partial charge on any atom is -0.484 e. The van der Waals surface area contributed by atoms with E-state index in [1.54, 1.807) is 30.3 Å². The number of hydrogen-bond acceptors (Lipinski definition) is 5. The number of anilines is 1. The van der Waals surface area contributed by atoms with Crippen LogP contribution in [0, 0.1) is 6.92 Å². The summed E-state index contributed by atoms with van der Waals surface area (Å²) in [6, 6.07) is 17.5. The van der Waals surface area contributed by atoms with Gasteiger partial charge in [0, 0.05) is 11.8 Å². The van der Waals surface area contributed by atoms with Crippen LogP contribution in [0.15, 0.2) is 66.7 Å². The average Bonchev–Trinajstić information content (AvgIpc) is 2.72. The van der Waals surface area contributed by atoms with Gasteiger partial charge in [0.15, 0.2) is 6.61 Å². The van der Waals surface area contributed by atoms with E-state index in [-0.39, 0.29) is 29.4 Å². The Morgan fingerprint density at radius 2 is 1.48 bits per heavy atom. The van der Waals surface area contributed by atoms with Crippen LogP contribution in [-0.2, 0) is 4.79 Å². The molecule has 8 nitrogen and oxygen atoms in total. The lowest BCUT2D eigenvalue weighted by Crippen LogP contribution is -2.20. The van der Waals surface area contributed by atoms with Crippen molar-refractivity contribution < 1.29 is 34.1 Å². The van der Waals surface area contributed by atoms with Crippen LogP contribution in [0.25, 0.3) is 0 Å². The van der Waals surface area contributed by atoms with E-state index in [2.05, 4.69) is 5.32 Å². The Labute approximate surface area is 177 Å². The third kappa shape index (κ3) is 5.83. The molecule has 8 heteroatoms. The van der Waals surface area contributed by atoms with Crippen LogP contribution in [-0.4, -0.2) is 34.7 Å². The minimum atomic E-state index is -1.38. The lowest BCUT2D eigenvalue weighted by molar-refractivity contribution is -0.118. The van der Waals surface area contributed by atoms with E-state index in [1.807, 2.05) is 25.1 Å². The lowest BCUT2D eigenvalue weighted by Gasteiger charge is -2.11. The number of rotatable bonds is 8. The van der Waals surface area contributed by atoms with Gasteiger partial charge in [-0.25, -0.2) is 9.59 Å². The molecule has 0 radical (unpaired) electrons. The Balaban J connectivity index is 1.66. The summed E-state index contributed by atoms with van der Waals surface area (Å²) in [4.78, 5) is 34.6. The monoisotopic (exact) mass is 421 g/mol. The molecule has 0 saturated heterocycles. The summed E-state index contributed by atoms with van der Waals surface area (Å²) in [6.07, 6.45) is 0. The van der Waals surface area contributed by atoms with Crippen LogP contribution in [0.2, 0.25) is 0 Å². The number of carboxylic acid groups (broad SMARTS) is 2. The van der Waals surface area contributed by atoms with Crippen LogP contribution in [0.1, 0.15) is 26.3 Å². The molecule has 3 aromatic rings. The van der Waals surface area contributed by atoms with Gasteiger partial charge in [-0.05, 0) is 55.0 Å². The quantitative estimate of drug-likeness (QED) is 0.498. The van der Waals surface area contributed by atoms with E-state index in [0.29, 0.717) is 17.2 Å². The van der Waals surface area contributed by atoms with Gasteiger partial charge >= 0.3 is 11.9 Å². The fourth-order valence-electron chi connectivity index (χ4n) is 2.77. The van der Waals surface area contributed by atoms with E-state index in [9.17, 15) is 19.5 Å². The molecule has 3 rings (SSSR count). The van der Waals surface area contributed by atoms with Crippen molar-refractivity contribution in [2.75, 3.05) is 11.9 Å². The predicted molar refractivity (Wildman–Crippen MR) is 112 cm³/mol. The summed E-state index contributed by atoms with van der Waals surface area (Å²) in [6.45, 7) is 1.75. The predicted octanol–water partition coefficient (Wildman–Crippen LogP) is 4.20.